The van der Waals surface area contributed by atoms with E-state index in [1.165, 1.54) is 30.9 Å². The van der Waals surface area contributed by atoms with Gasteiger partial charge in [-0.15, -0.1) is 0 Å². The van der Waals surface area contributed by atoms with E-state index in [1.54, 1.807) is 55.7 Å². The Labute approximate surface area is 324 Å². The molecule has 55 heavy (non-hydrogen) atoms. The number of allylic oxidation sites excluding steroid dienone is 3. The molecule has 0 aliphatic carbocycles. The molecule has 15 heteroatoms. The second kappa shape index (κ2) is 15.9. The van der Waals surface area contributed by atoms with Crippen LogP contribution in [0.4, 0.5) is 16.2 Å². The van der Waals surface area contributed by atoms with Crippen molar-refractivity contribution in [1.29, 1.82) is 0 Å². The number of amides is 3. The molecule has 2 fully saturated rings. The summed E-state index contributed by atoms with van der Waals surface area (Å²) in [5.41, 5.74) is 7.87. The van der Waals surface area contributed by atoms with E-state index in [0.29, 0.717) is 40.0 Å². The number of likely N-dealkylation sites (N-methyl/N-ethyl adjacent to an activating group) is 1. The Balaban J connectivity index is 1.30. The van der Waals surface area contributed by atoms with E-state index >= 15 is 0 Å². The van der Waals surface area contributed by atoms with Gasteiger partial charge in [0.1, 0.15) is 40.9 Å². The number of nitrogens with two attached hydrogens (primary N) is 1. The maximum absolute atomic E-state index is 14.1. The predicted molar refractivity (Wildman–Crippen MR) is 206 cm³/mol. The standard InChI is InChI=1S/C40H46ClN5O9/c1-21-10-7-8-14-40(51)20-31(54-39(50)44-40)22(2)35-36(55-35)30(19-32(47)46(5)28-17-24(16-21)18-29(52-6)33(28)41)53-38(49)23(3)45(4)37(48)26-12-13-27(42)34-25(26)11-9-15-43-34/h7-13,15,17-18,22-23,30-31,35-36,51H,14,16,19-20,42H2,1-6H3,(H,44,50)/b8-7+,21-10+/t22-,23+,30+,31+,35+,36+,40-/m1/s1. The molecule has 0 saturated carbocycles. The van der Waals surface area contributed by atoms with Crippen LogP contribution >= 0.6 is 11.6 Å². The highest BCUT2D eigenvalue weighted by Crippen LogP contribution is 2.41. The number of rotatable bonds is 5. The van der Waals surface area contributed by atoms with Crippen LogP contribution in [0.25, 0.3) is 10.9 Å². The fourth-order valence-electron chi connectivity index (χ4n) is 7.11. The third kappa shape index (κ3) is 8.41. The van der Waals surface area contributed by atoms with E-state index in [1.807, 2.05) is 26.0 Å². The maximum Gasteiger partial charge on any atom is 0.409 e. The first-order chi connectivity index (χ1) is 26.1. The number of pyridine rings is 1. The number of epoxide rings is 1. The molecule has 292 valence electrons. The predicted octanol–water partition coefficient (Wildman–Crippen LogP) is 4.94. The van der Waals surface area contributed by atoms with Crippen LogP contribution in [-0.2, 0) is 30.2 Å². The van der Waals surface area contributed by atoms with Gasteiger partial charge in [0.2, 0.25) is 5.91 Å². The first-order valence-electron chi connectivity index (χ1n) is 18.0. The Bertz CT molecular complexity index is 2070. The quantitative estimate of drug-likeness (QED) is 0.181. The molecule has 4 bridgehead atoms. The van der Waals surface area contributed by atoms with Gasteiger partial charge in [-0.1, -0.05) is 48.4 Å². The number of hydrogen-bond acceptors (Lipinski definition) is 11. The monoisotopic (exact) mass is 775 g/mol. The zero-order chi connectivity index (χ0) is 39.8. The highest BCUT2D eigenvalue weighted by molar-refractivity contribution is 6.35. The number of fused-ring (bicyclic) bond motifs is 6. The number of aromatic nitrogens is 1. The summed E-state index contributed by atoms with van der Waals surface area (Å²) in [4.78, 5) is 61.3. The number of nitrogens with zero attached hydrogens (tertiary/aromatic N) is 3. The van der Waals surface area contributed by atoms with E-state index < -0.39 is 66.0 Å². The Morgan fingerprint density at radius 3 is 2.73 bits per heavy atom. The summed E-state index contributed by atoms with van der Waals surface area (Å²) in [6.07, 6.45) is 3.41. The number of benzene rings is 2. The van der Waals surface area contributed by atoms with Crippen LogP contribution in [0.15, 0.2) is 66.4 Å². The minimum atomic E-state index is -1.58. The fourth-order valence-corrected chi connectivity index (χ4v) is 7.42. The summed E-state index contributed by atoms with van der Waals surface area (Å²) in [6.45, 7) is 5.28. The van der Waals surface area contributed by atoms with Crippen LogP contribution in [0.5, 0.6) is 5.75 Å². The van der Waals surface area contributed by atoms with Gasteiger partial charge < -0.3 is 39.6 Å². The number of halogens is 1. The van der Waals surface area contributed by atoms with Crippen molar-refractivity contribution in [3.8, 4) is 5.75 Å². The lowest BCUT2D eigenvalue weighted by Crippen LogP contribution is -2.57. The zero-order valence-corrected chi connectivity index (χ0v) is 32.3. The zero-order valence-electron chi connectivity index (χ0n) is 31.6. The molecule has 4 N–H and O–H groups in total. The first-order valence-corrected chi connectivity index (χ1v) is 18.4. The Morgan fingerprint density at radius 2 is 1.98 bits per heavy atom. The van der Waals surface area contributed by atoms with Crippen molar-refractivity contribution in [1.82, 2.24) is 15.2 Å². The molecule has 1 aromatic heterocycles. The van der Waals surface area contributed by atoms with Gasteiger partial charge in [0, 0.05) is 50.0 Å². The van der Waals surface area contributed by atoms with Gasteiger partial charge in [0.25, 0.3) is 5.91 Å². The average molecular weight is 776 g/mol. The number of esters is 1. The normalized spacial score (nSPS) is 27.7. The topological polar surface area (TPSA) is 186 Å². The number of nitrogens with one attached hydrogen (secondary N) is 1. The number of hydrogen-bond donors (Lipinski definition) is 3. The third-order valence-corrected chi connectivity index (χ3v) is 11.0. The van der Waals surface area contributed by atoms with E-state index in [2.05, 4.69) is 10.3 Å². The van der Waals surface area contributed by atoms with E-state index in [0.717, 1.165) is 11.1 Å². The minimum Gasteiger partial charge on any atom is -0.495 e. The number of aliphatic hydroxyl groups is 1. The third-order valence-electron chi connectivity index (χ3n) is 10.6. The lowest BCUT2D eigenvalue weighted by molar-refractivity contribution is -0.155. The van der Waals surface area contributed by atoms with Crippen LogP contribution in [0, 0.1) is 5.92 Å². The Morgan fingerprint density at radius 1 is 1.22 bits per heavy atom. The minimum absolute atomic E-state index is 0.0645. The second-order valence-corrected chi connectivity index (χ2v) is 14.9. The molecule has 3 aliphatic rings. The van der Waals surface area contributed by atoms with Gasteiger partial charge in [-0.25, -0.2) is 9.59 Å². The van der Waals surface area contributed by atoms with Crippen LogP contribution < -0.4 is 20.7 Å². The number of ether oxygens (including phenoxy) is 4. The largest absolute Gasteiger partial charge is 0.495 e. The molecule has 3 aliphatic heterocycles. The molecule has 7 atom stereocenters. The van der Waals surface area contributed by atoms with Crippen LogP contribution in [0.2, 0.25) is 5.02 Å². The maximum atomic E-state index is 14.1. The highest BCUT2D eigenvalue weighted by atomic mass is 35.5. The fraction of sp³-hybridized carbons (Fsp3) is 0.425. The molecule has 0 radical (unpaired) electrons. The highest BCUT2D eigenvalue weighted by Gasteiger charge is 2.55. The van der Waals surface area contributed by atoms with Crippen molar-refractivity contribution in [3.63, 3.8) is 0 Å². The number of nitrogen functional groups attached to an aromatic ring is 1. The lowest BCUT2D eigenvalue weighted by Gasteiger charge is -2.38. The molecule has 14 nitrogen and oxygen atoms in total. The van der Waals surface area contributed by atoms with E-state index in [9.17, 15) is 24.3 Å². The number of carbonyl (C=O) groups excluding carboxylic acids is 4. The van der Waals surface area contributed by atoms with Crippen molar-refractivity contribution in [2.45, 2.75) is 82.6 Å². The molecule has 2 saturated heterocycles. The summed E-state index contributed by atoms with van der Waals surface area (Å²) < 4.78 is 23.3. The van der Waals surface area contributed by atoms with E-state index in [-0.39, 0.29) is 24.3 Å². The van der Waals surface area contributed by atoms with Gasteiger partial charge in [-0.2, -0.15) is 0 Å². The molecule has 4 heterocycles. The summed E-state index contributed by atoms with van der Waals surface area (Å²) in [5, 5.41) is 14.7. The number of carbonyl (C=O) groups is 4. The molecule has 0 unspecified atom stereocenters. The summed E-state index contributed by atoms with van der Waals surface area (Å²) in [5.74, 6) is -1.75. The van der Waals surface area contributed by atoms with Crippen LogP contribution in [-0.4, -0.2) is 96.3 Å². The Kier molecular flexibility index (Phi) is 11.4. The summed E-state index contributed by atoms with van der Waals surface area (Å²) >= 11 is 6.75. The van der Waals surface area contributed by atoms with Gasteiger partial charge in [-0.3, -0.25) is 19.9 Å². The van der Waals surface area contributed by atoms with Crippen LogP contribution in [0.3, 0.4) is 0 Å². The van der Waals surface area contributed by atoms with Crippen molar-refractivity contribution in [2.75, 3.05) is 31.8 Å². The van der Waals surface area contributed by atoms with Gasteiger partial charge in [0.15, 0.2) is 0 Å². The SMILES string of the molecule is COc1cc2cc(c1Cl)N(C)C(=O)C[C@H](OC(=O)[C@H](C)N(C)C(=O)c1ccc(N)c3ncccc13)[C@@H]1O[C@H]1[C@H](C)[C@@H]1C[C@](O)(C/C=C/C=C(\C)C2)NC(=O)O1. The molecule has 6 rings (SSSR count). The van der Waals surface area contributed by atoms with Crippen molar-refractivity contribution >= 4 is 57.8 Å². The van der Waals surface area contributed by atoms with Crippen LogP contribution in [0.1, 0.15) is 56.0 Å². The Hall–Kier alpha value is -5.18. The number of anilines is 2. The smallest absolute Gasteiger partial charge is 0.409 e. The van der Waals surface area contributed by atoms with Gasteiger partial charge in [0.05, 0.1) is 36.5 Å². The molecule has 3 aromatic rings. The summed E-state index contributed by atoms with van der Waals surface area (Å²) in [6, 6.07) is 9.10. The molecule has 0 spiro atoms. The lowest BCUT2D eigenvalue weighted by atomic mass is 9.88. The summed E-state index contributed by atoms with van der Waals surface area (Å²) in [7, 11) is 4.55. The molecule has 3 amide bonds. The molecule has 2 aromatic carbocycles. The average Bonchev–Trinajstić information content (AvgIpc) is 3.96. The first kappa shape index (κ1) is 39.5. The number of alkyl carbamates (subject to hydrolysis) is 1. The van der Waals surface area contributed by atoms with Crippen molar-refractivity contribution in [3.05, 3.63) is 82.5 Å². The van der Waals surface area contributed by atoms with Crippen molar-refractivity contribution < 1.29 is 43.2 Å². The van der Waals surface area contributed by atoms with Gasteiger partial charge in [-0.05, 0) is 56.2 Å². The molecular formula is C40H46ClN5O9. The number of methoxy groups -OCH3 is 1. The van der Waals surface area contributed by atoms with E-state index in [4.69, 9.17) is 36.3 Å². The van der Waals surface area contributed by atoms with Crippen molar-refractivity contribution in [2.24, 2.45) is 5.92 Å². The molecular weight excluding hydrogens is 730 g/mol. The van der Waals surface area contributed by atoms with Gasteiger partial charge >= 0.3 is 12.1 Å². The second-order valence-electron chi connectivity index (χ2n) is 14.5.